The zero-order valence-electron chi connectivity index (χ0n) is 17.6. The number of morpholine rings is 1. The smallest absolute Gasteiger partial charge is 0.254 e. The minimum absolute atomic E-state index is 0.0289. The van der Waals surface area contributed by atoms with Crippen LogP contribution in [0, 0.1) is 5.92 Å². The first-order valence-corrected chi connectivity index (χ1v) is 12.1. The molecule has 3 heterocycles. The summed E-state index contributed by atoms with van der Waals surface area (Å²) in [6.07, 6.45) is 5.03. The molecule has 3 aliphatic rings. The summed E-state index contributed by atoms with van der Waals surface area (Å²) in [4.78, 5) is 32.5. The van der Waals surface area contributed by atoms with Crippen molar-refractivity contribution < 1.29 is 14.3 Å². The maximum absolute atomic E-state index is 13.2. The van der Waals surface area contributed by atoms with Crippen molar-refractivity contribution in [2.45, 2.75) is 38.1 Å². The minimum Gasteiger partial charge on any atom is -0.379 e. The van der Waals surface area contributed by atoms with Crippen molar-refractivity contribution in [1.29, 1.82) is 0 Å². The Labute approximate surface area is 187 Å². The van der Waals surface area contributed by atoms with E-state index in [4.69, 9.17) is 4.74 Å². The number of rotatable bonds is 5. The second-order valence-electron chi connectivity index (χ2n) is 8.67. The number of hydrogen-bond donors (Lipinski definition) is 0. The molecule has 4 rings (SSSR count). The van der Waals surface area contributed by atoms with Gasteiger partial charge in [0.2, 0.25) is 5.91 Å². The average Bonchev–Trinajstić information content (AvgIpc) is 3.28. The van der Waals surface area contributed by atoms with E-state index >= 15 is 0 Å². The van der Waals surface area contributed by atoms with Gasteiger partial charge in [0.25, 0.3) is 5.91 Å². The van der Waals surface area contributed by atoms with Gasteiger partial charge < -0.3 is 14.5 Å². The molecule has 30 heavy (non-hydrogen) atoms. The van der Waals surface area contributed by atoms with E-state index in [2.05, 4.69) is 20.8 Å². The Morgan fingerprint density at radius 1 is 0.967 bits per heavy atom. The lowest BCUT2D eigenvalue weighted by Gasteiger charge is -2.36. The highest BCUT2D eigenvalue weighted by Gasteiger charge is 2.37. The van der Waals surface area contributed by atoms with Gasteiger partial charge in [0.15, 0.2) is 0 Å². The number of carbonyl (C=O) groups is 2. The molecule has 0 radical (unpaired) electrons. The molecule has 0 aromatic heterocycles. The van der Waals surface area contributed by atoms with Crippen LogP contribution in [0.2, 0.25) is 0 Å². The Bertz CT molecular complexity index is 728. The van der Waals surface area contributed by atoms with Crippen molar-refractivity contribution in [3.8, 4) is 0 Å². The van der Waals surface area contributed by atoms with Crippen LogP contribution in [0.3, 0.4) is 0 Å². The summed E-state index contributed by atoms with van der Waals surface area (Å²) in [5.41, 5.74) is 0.653. The van der Waals surface area contributed by atoms with Crippen molar-refractivity contribution in [2.75, 3.05) is 52.5 Å². The summed E-state index contributed by atoms with van der Waals surface area (Å²) < 4.78 is 6.37. The molecule has 1 aromatic rings. The van der Waals surface area contributed by atoms with E-state index in [1.807, 2.05) is 29.2 Å². The quantitative estimate of drug-likeness (QED) is 0.653. The topological polar surface area (TPSA) is 53.1 Å². The lowest BCUT2D eigenvalue weighted by Crippen LogP contribution is -2.50. The normalized spacial score (nSPS) is 23.7. The van der Waals surface area contributed by atoms with Crippen LogP contribution < -0.4 is 0 Å². The Morgan fingerprint density at radius 2 is 1.67 bits per heavy atom. The predicted molar refractivity (Wildman–Crippen MR) is 119 cm³/mol. The standard InChI is InChI=1S/C23H32BrN3O3/c24-20-5-3-19(4-6-20)22(28)27-10-1-2-21(27)23(29)26-12-8-18(9-13-26)7-11-25-14-16-30-17-15-25/h3-6,18,21H,1-2,7-17H2. The summed E-state index contributed by atoms with van der Waals surface area (Å²) in [6.45, 7) is 7.24. The lowest BCUT2D eigenvalue weighted by atomic mass is 9.92. The molecule has 1 aromatic carbocycles. The van der Waals surface area contributed by atoms with Crippen molar-refractivity contribution >= 4 is 27.7 Å². The van der Waals surface area contributed by atoms with Gasteiger partial charge in [-0.15, -0.1) is 0 Å². The second kappa shape index (κ2) is 10.2. The zero-order valence-corrected chi connectivity index (χ0v) is 19.2. The van der Waals surface area contributed by atoms with Crippen LogP contribution in [-0.2, 0) is 9.53 Å². The fourth-order valence-electron chi connectivity index (χ4n) is 4.87. The third-order valence-corrected chi connectivity index (χ3v) is 7.30. The van der Waals surface area contributed by atoms with Gasteiger partial charge in [-0.3, -0.25) is 14.5 Å². The van der Waals surface area contributed by atoms with E-state index in [1.54, 1.807) is 4.90 Å². The molecule has 0 bridgehead atoms. The van der Waals surface area contributed by atoms with Crippen molar-refractivity contribution in [2.24, 2.45) is 5.92 Å². The maximum atomic E-state index is 13.2. The maximum Gasteiger partial charge on any atom is 0.254 e. The summed E-state index contributed by atoms with van der Waals surface area (Å²) in [5.74, 6) is 0.810. The molecule has 0 saturated carbocycles. The Balaban J connectivity index is 1.27. The average molecular weight is 478 g/mol. The number of hydrogen-bond acceptors (Lipinski definition) is 4. The van der Waals surface area contributed by atoms with Gasteiger partial charge in [0.1, 0.15) is 6.04 Å². The predicted octanol–water partition coefficient (Wildman–Crippen LogP) is 3.01. The van der Waals surface area contributed by atoms with E-state index in [-0.39, 0.29) is 17.9 Å². The first-order chi connectivity index (χ1) is 14.6. The van der Waals surface area contributed by atoms with Gasteiger partial charge in [0.05, 0.1) is 13.2 Å². The Hall–Kier alpha value is -1.44. The highest BCUT2D eigenvalue weighted by molar-refractivity contribution is 9.10. The van der Waals surface area contributed by atoms with Crippen LogP contribution in [0.1, 0.15) is 42.5 Å². The van der Waals surface area contributed by atoms with Crippen LogP contribution in [0.5, 0.6) is 0 Å². The van der Waals surface area contributed by atoms with Crippen LogP contribution in [0.25, 0.3) is 0 Å². The molecule has 2 amide bonds. The van der Waals surface area contributed by atoms with Gasteiger partial charge in [0, 0.05) is 42.8 Å². The molecular formula is C23H32BrN3O3. The zero-order chi connectivity index (χ0) is 20.9. The molecule has 3 aliphatic heterocycles. The van der Waals surface area contributed by atoms with Gasteiger partial charge in [-0.05, 0) is 68.8 Å². The second-order valence-corrected chi connectivity index (χ2v) is 9.59. The monoisotopic (exact) mass is 477 g/mol. The summed E-state index contributed by atoms with van der Waals surface area (Å²) in [6, 6.07) is 7.10. The molecule has 0 N–H and O–H groups in total. The lowest BCUT2D eigenvalue weighted by molar-refractivity contribution is -0.136. The van der Waals surface area contributed by atoms with Crippen LogP contribution in [-0.4, -0.2) is 85.0 Å². The van der Waals surface area contributed by atoms with E-state index in [1.165, 1.54) is 6.42 Å². The SMILES string of the molecule is O=C(C1CCCN1C(=O)c1ccc(Br)cc1)N1CCC(CCN2CCOCC2)CC1. The number of benzene rings is 1. The Morgan fingerprint density at radius 3 is 2.37 bits per heavy atom. The van der Waals surface area contributed by atoms with Crippen molar-refractivity contribution in [3.63, 3.8) is 0 Å². The first-order valence-electron chi connectivity index (χ1n) is 11.3. The molecule has 0 spiro atoms. The number of halogens is 1. The van der Waals surface area contributed by atoms with Gasteiger partial charge in [-0.1, -0.05) is 15.9 Å². The number of ether oxygens (including phenoxy) is 1. The largest absolute Gasteiger partial charge is 0.379 e. The number of piperidine rings is 1. The molecular weight excluding hydrogens is 446 g/mol. The number of amides is 2. The molecule has 6 nitrogen and oxygen atoms in total. The van der Waals surface area contributed by atoms with E-state index in [0.29, 0.717) is 18.0 Å². The highest BCUT2D eigenvalue weighted by atomic mass is 79.9. The fourth-order valence-corrected chi connectivity index (χ4v) is 5.13. The molecule has 3 saturated heterocycles. The minimum atomic E-state index is -0.300. The molecule has 3 fully saturated rings. The third-order valence-electron chi connectivity index (χ3n) is 6.77. The van der Waals surface area contributed by atoms with Crippen LogP contribution in [0.4, 0.5) is 0 Å². The van der Waals surface area contributed by atoms with Gasteiger partial charge >= 0.3 is 0 Å². The number of likely N-dealkylation sites (tertiary alicyclic amines) is 2. The number of carbonyl (C=O) groups excluding carboxylic acids is 2. The van der Waals surface area contributed by atoms with Crippen LogP contribution >= 0.6 is 15.9 Å². The summed E-state index contributed by atoms with van der Waals surface area (Å²) in [7, 11) is 0. The van der Waals surface area contributed by atoms with Gasteiger partial charge in [-0.2, -0.15) is 0 Å². The highest BCUT2D eigenvalue weighted by Crippen LogP contribution is 2.26. The molecule has 0 aliphatic carbocycles. The molecule has 1 unspecified atom stereocenters. The van der Waals surface area contributed by atoms with Crippen molar-refractivity contribution in [1.82, 2.24) is 14.7 Å². The number of nitrogens with zero attached hydrogens (tertiary/aromatic N) is 3. The Kier molecular flexibility index (Phi) is 7.44. The fraction of sp³-hybridized carbons (Fsp3) is 0.652. The molecule has 7 heteroatoms. The van der Waals surface area contributed by atoms with Crippen molar-refractivity contribution in [3.05, 3.63) is 34.3 Å². The van der Waals surface area contributed by atoms with E-state index in [9.17, 15) is 9.59 Å². The van der Waals surface area contributed by atoms with E-state index in [0.717, 1.165) is 76.1 Å². The first kappa shape index (κ1) is 21.8. The summed E-state index contributed by atoms with van der Waals surface area (Å²) >= 11 is 3.41. The van der Waals surface area contributed by atoms with E-state index < -0.39 is 0 Å². The third kappa shape index (κ3) is 5.24. The summed E-state index contributed by atoms with van der Waals surface area (Å²) in [5, 5.41) is 0. The van der Waals surface area contributed by atoms with Gasteiger partial charge in [-0.25, -0.2) is 0 Å². The molecule has 164 valence electrons. The van der Waals surface area contributed by atoms with Crippen LogP contribution in [0.15, 0.2) is 28.7 Å². The molecule has 1 atom stereocenters.